The second kappa shape index (κ2) is 6.88. The van der Waals surface area contributed by atoms with E-state index in [-0.39, 0.29) is 0 Å². The van der Waals surface area contributed by atoms with Crippen molar-refractivity contribution < 1.29 is 0 Å². The van der Waals surface area contributed by atoms with Crippen LogP contribution in [0.5, 0.6) is 0 Å². The SMILES string of the molecule is CN(C)CC1CCCN1CC(CN)CC(C)(C)C. The average molecular weight is 255 g/mol. The second-order valence-electron chi connectivity index (χ2n) is 7.42. The lowest BCUT2D eigenvalue weighted by Crippen LogP contribution is -2.42. The van der Waals surface area contributed by atoms with Crippen molar-refractivity contribution in [3.8, 4) is 0 Å². The van der Waals surface area contributed by atoms with Crippen LogP contribution in [0.3, 0.4) is 0 Å². The van der Waals surface area contributed by atoms with E-state index in [9.17, 15) is 0 Å². The summed E-state index contributed by atoms with van der Waals surface area (Å²) in [5, 5.41) is 0. The van der Waals surface area contributed by atoms with Crippen LogP contribution in [-0.2, 0) is 0 Å². The number of rotatable bonds is 6. The van der Waals surface area contributed by atoms with Crippen LogP contribution in [0.2, 0.25) is 0 Å². The third kappa shape index (κ3) is 5.68. The number of hydrogen-bond donors (Lipinski definition) is 1. The second-order valence-corrected chi connectivity index (χ2v) is 7.42. The van der Waals surface area contributed by atoms with E-state index in [0.717, 1.165) is 12.6 Å². The molecule has 2 atom stereocenters. The summed E-state index contributed by atoms with van der Waals surface area (Å²) in [6.45, 7) is 11.4. The highest BCUT2D eigenvalue weighted by atomic mass is 15.2. The molecule has 1 rings (SSSR count). The molecule has 2 unspecified atom stereocenters. The Bertz CT molecular complexity index is 232. The number of hydrogen-bond acceptors (Lipinski definition) is 3. The number of nitrogens with zero attached hydrogens (tertiary/aromatic N) is 2. The van der Waals surface area contributed by atoms with Crippen molar-refractivity contribution in [3.63, 3.8) is 0 Å². The summed E-state index contributed by atoms with van der Waals surface area (Å²) >= 11 is 0. The van der Waals surface area contributed by atoms with Crippen molar-refractivity contribution in [1.29, 1.82) is 0 Å². The number of likely N-dealkylation sites (tertiary alicyclic amines) is 1. The maximum absolute atomic E-state index is 5.97. The molecular formula is C15H33N3. The first-order valence-corrected chi connectivity index (χ1v) is 7.40. The predicted octanol–water partition coefficient (Wildman–Crippen LogP) is 2.02. The summed E-state index contributed by atoms with van der Waals surface area (Å²) in [5.41, 5.74) is 6.36. The van der Waals surface area contributed by atoms with Gasteiger partial charge in [0.1, 0.15) is 0 Å². The molecule has 3 heteroatoms. The molecule has 3 nitrogen and oxygen atoms in total. The Balaban J connectivity index is 2.47. The maximum Gasteiger partial charge on any atom is 0.0223 e. The van der Waals surface area contributed by atoms with Gasteiger partial charge in [-0.2, -0.15) is 0 Å². The van der Waals surface area contributed by atoms with E-state index in [1.807, 2.05) is 0 Å². The van der Waals surface area contributed by atoms with E-state index < -0.39 is 0 Å². The molecule has 1 aliphatic rings. The minimum Gasteiger partial charge on any atom is -0.330 e. The summed E-state index contributed by atoms with van der Waals surface area (Å²) in [7, 11) is 4.35. The molecule has 108 valence electrons. The Hall–Kier alpha value is -0.120. The zero-order valence-corrected chi connectivity index (χ0v) is 13.1. The molecular weight excluding hydrogens is 222 g/mol. The van der Waals surface area contributed by atoms with Crippen LogP contribution in [-0.4, -0.2) is 56.1 Å². The molecule has 1 heterocycles. The molecule has 1 saturated heterocycles. The number of likely N-dealkylation sites (N-methyl/N-ethyl adjacent to an activating group) is 1. The van der Waals surface area contributed by atoms with Crippen molar-refractivity contribution in [1.82, 2.24) is 9.80 Å². The largest absolute Gasteiger partial charge is 0.330 e. The third-order valence-corrected chi connectivity index (χ3v) is 3.80. The number of nitrogens with two attached hydrogens (primary N) is 1. The van der Waals surface area contributed by atoms with Gasteiger partial charge in [0.05, 0.1) is 0 Å². The van der Waals surface area contributed by atoms with Crippen LogP contribution in [0.1, 0.15) is 40.0 Å². The molecule has 2 N–H and O–H groups in total. The van der Waals surface area contributed by atoms with Gasteiger partial charge >= 0.3 is 0 Å². The van der Waals surface area contributed by atoms with Gasteiger partial charge in [-0.25, -0.2) is 0 Å². The fourth-order valence-corrected chi connectivity index (χ4v) is 3.18. The minimum atomic E-state index is 0.390. The van der Waals surface area contributed by atoms with E-state index in [0.29, 0.717) is 11.3 Å². The Kier molecular flexibility index (Phi) is 6.09. The Morgan fingerprint density at radius 1 is 1.33 bits per heavy atom. The molecule has 0 saturated carbocycles. The molecule has 0 amide bonds. The molecule has 18 heavy (non-hydrogen) atoms. The fourth-order valence-electron chi connectivity index (χ4n) is 3.18. The monoisotopic (exact) mass is 255 g/mol. The maximum atomic E-state index is 5.97. The van der Waals surface area contributed by atoms with Crippen LogP contribution in [0, 0.1) is 11.3 Å². The topological polar surface area (TPSA) is 32.5 Å². The van der Waals surface area contributed by atoms with E-state index in [1.54, 1.807) is 0 Å². The summed E-state index contributed by atoms with van der Waals surface area (Å²) < 4.78 is 0. The smallest absolute Gasteiger partial charge is 0.0223 e. The molecule has 0 radical (unpaired) electrons. The van der Waals surface area contributed by atoms with Gasteiger partial charge in [0.25, 0.3) is 0 Å². The summed E-state index contributed by atoms with van der Waals surface area (Å²) in [6, 6.07) is 0.744. The van der Waals surface area contributed by atoms with Gasteiger partial charge in [-0.05, 0) is 57.8 Å². The van der Waals surface area contributed by atoms with E-state index >= 15 is 0 Å². The molecule has 1 aliphatic heterocycles. The first-order chi connectivity index (χ1) is 8.31. The summed E-state index contributed by atoms with van der Waals surface area (Å²) in [6.07, 6.45) is 3.94. The Labute approximate surface area is 114 Å². The lowest BCUT2D eigenvalue weighted by molar-refractivity contribution is 0.161. The molecule has 0 bridgehead atoms. The van der Waals surface area contributed by atoms with Gasteiger partial charge in [0.15, 0.2) is 0 Å². The van der Waals surface area contributed by atoms with Crippen molar-refractivity contribution in [2.24, 2.45) is 17.1 Å². The zero-order valence-electron chi connectivity index (χ0n) is 13.1. The van der Waals surface area contributed by atoms with Crippen LogP contribution in [0.15, 0.2) is 0 Å². The molecule has 0 aliphatic carbocycles. The quantitative estimate of drug-likeness (QED) is 0.788. The first kappa shape index (κ1) is 15.9. The normalized spacial score (nSPS) is 23.8. The molecule has 0 aromatic heterocycles. The van der Waals surface area contributed by atoms with E-state index in [1.165, 1.54) is 38.9 Å². The van der Waals surface area contributed by atoms with E-state index in [4.69, 9.17) is 5.73 Å². The van der Waals surface area contributed by atoms with Crippen molar-refractivity contribution in [2.45, 2.75) is 46.1 Å². The van der Waals surface area contributed by atoms with Gasteiger partial charge in [-0.15, -0.1) is 0 Å². The van der Waals surface area contributed by atoms with Crippen LogP contribution in [0.25, 0.3) is 0 Å². The highest BCUT2D eigenvalue weighted by molar-refractivity contribution is 4.83. The van der Waals surface area contributed by atoms with Gasteiger partial charge in [-0.3, -0.25) is 4.90 Å². The first-order valence-electron chi connectivity index (χ1n) is 7.40. The minimum absolute atomic E-state index is 0.390. The van der Waals surface area contributed by atoms with Crippen LogP contribution < -0.4 is 5.73 Å². The van der Waals surface area contributed by atoms with Gasteiger partial charge in [-0.1, -0.05) is 20.8 Å². The van der Waals surface area contributed by atoms with Crippen molar-refractivity contribution in [2.75, 3.05) is 40.3 Å². The highest BCUT2D eigenvalue weighted by Gasteiger charge is 2.28. The Morgan fingerprint density at radius 3 is 2.50 bits per heavy atom. The lowest BCUT2D eigenvalue weighted by atomic mass is 9.84. The van der Waals surface area contributed by atoms with Crippen LogP contribution in [0.4, 0.5) is 0 Å². The zero-order chi connectivity index (χ0) is 13.8. The molecule has 0 aromatic carbocycles. The summed E-state index contributed by atoms with van der Waals surface area (Å²) in [5.74, 6) is 0.646. The summed E-state index contributed by atoms with van der Waals surface area (Å²) in [4.78, 5) is 4.98. The van der Waals surface area contributed by atoms with Crippen LogP contribution >= 0.6 is 0 Å². The third-order valence-electron chi connectivity index (χ3n) is 3.80. The molecule has 0 aromatic rings. The lowest BCUT2D eigenvalue weighted by Gasteiger charge is -2.32. The van der Waals surface area contributed by atoms with E-state index in [2.05, 4.69) is 44.7 Å². The van der Waals surface area contributed by atoms with Crippen molar-refractivity contribution >= 4 is 0 Å². The van der Waals surface area contributed by atoms with Gasteiger partial charge in [0.2, 0.25) is 0 Å². The standard InChI is InChI=1S/C15H33N3/c1-15(2,3)9-13(10-16)11-18-8-6-7-14(18)12-17(4)5/h13-14H,6-12,16H2,1-5H3. The molecule has 0 spiro atoms. The highest BCUT2D eigenvalue weighted by Crippen LogP contribution is 2.27. The van der Waals surface area contributed by atoms with Gasteiger partial charge in [0, 0.05) is 19.1 Å². The predicted molar refractivity (Wildman–Crippen MR) is 79.8 cm³/mol. The average Bonchev–Trinajstić information content (AvgIpc) is 2.61. The Morgan fingerprint density at radius 2 is 2.00 bits per heavy atom. The van der Waals surface area contributed by atoms with Gasteiger partial charge < -0.3 is 10.6 Å². The fraction of sp³-hybridized carbons (Fsp3) is 1.00. The molecule has 1 fully saturated rings. The van der Waals surface area contributed by atoms with Crippen molar-refractivity contribution in [3.05, 3.63) is 0 Å².